The van der Waals surface area contributed by atoms with Gasteiger partial charge in [-0.3, -0.25) is 4.79 Å². The summed E-state index contributed by atoms with van der Waals surface area (Å²) >= 11 is 0. The van der Waals surface area contributed by atoms with Gasteiger partial charge in [0.15, 0.2) is 6.61 Å². The summed E-state index contributed by atoms with van der Waals surface area (Å²) in [5.41, 5.74) is 3.41. The van der Waals surface area contributed by atoms with Crippen molar-refractivity contribution in [3.05, 3.63) is 59.7 Å². The molecule has 2 aromatic rings. The zero-order valence-electron chi connectivity index (χ0n) is 14.8. The van der Waals surface area contributed by atoms with E-state index in [0.29, 0.717) is 6.54 Å². The lowest BCUT2D eigenvalue weighted by molar-refractivity contribution is -0.123. The first-order chi connectivity index (χ1) is 12.2. The highest BCUT2D eigenvalue weighted by atomic mass is 16.5. The number of para-hydroxylation sites is 1. The van der Waals surface area contributed by atoms with E-state index in [2.05, 4.69) is 34.5 Å². The Morgan fingerprint density at radius 3 is 2.48 bits per heavy atom. The van der Waals surface area contributed by atoms with Crippen LogP contribution in [-0.4, -0.2) is 25.6 Å². The van der Waals surface area contributed by atoms with E-state index in [4.69, 9.17) is 4.74 Å². The van der Waals surface area contributed by atoms with Gasteiger partial charge in [0.1, 0.15) is 5.75 Å². The highest BCUT2D eigenvalue weighted by Crippen LogP contribution is 2.20. The van der Waals surface area contributed by atoms with Gasteiger partial charge in [0.05, 0.1) is 0 Å². The van der Waals surface area contributed by atoms with Crippen molar-refractivity contribution in [3.63, 3.8) is 0 Å². The molecule has 1 aliphatic rings. The van der Waals surface area contributed by atoms with E-state index >= 15 is 0 Å². The van der Waals surface area contributed by atoms with Crippen LogP contribution in [0.5, 0.6) is 5.75 Å². The predicted octanol–water partition coefficient (Wildman–Crippen LogP) is 3.68. The quantitative estimate of drug-likeness (QED) is 0.873. The molecule has 0 atom stereocenters. The van der Waals surface area contributed by atoms with Gasteiger partial charge in [0.2, 0.25) is 0 Å². The summed E-state index contributed by atoms with van der Waals surface area (Å²) in [7, 11) is 0. The van der Waals surface area contributed by atoms with E-state index in [9.17, 15) is 4.79 Å². The van der Waals surface area contributed by atoms with Crippen molar-refractivity contribution in [1.29, 1.82) is 0 Å². The number of hydrogen-bond acceptors (Lipinski definition) is 3. The summed E-state index contributed by atoms with van der Waals surface area (Å²) < 4.78 is 5.57. The van der Waals surface area contributed by atoms with Crippen molar-refractivity contribution >= 4 is 11.6 Å². The summed E-state index contributed by atoms with van der Waals surface area (Å²) in [5.74, 6) is 0.645. The van der Waals surface area contributed by atoms with Gasteiger partial charge in [0.25, 0.3) is 5.91 Å². The Kier molecular flexibility index (Phi) is 5.94. The molecule has 1 heterocycles. The molecular weight excluding hydrogens is 312 g/mol. The molecule has 1 aliphatic heterocycles. The smallest absolute Gasteiger partial charge is 0.258 e. The number of nitrogens with one attached hydrogen (secondary N) is 1. The van der Waals surface area contributed by atoms with Gasteiger partial charge in [-0.25, -0.2) is 0 Å². The third-order valence-corrected chi connectivity index (χ3v) is 4.60. The van der Waals surface area contributed by atoms with E-state index in [1.807, 2.05) is 31.2 Å². The minimum absolute atomic E-state index is 0.0384. The molecule has 1 saturated heterocycles. The van der Waals surface area contributed by atoms with E-state index in [1.165, 1.54) is 24.9 Å². The maximum Gasteiger partial charge on any atom is 0.258 e. The summed E-state index contributed by atoms with van der Waals surface area (Å²) in [5, 5.41) is 2.91. The molecule has 4 heteroatoms. The summed E-state index contributed by atoms with van der Waals surface area (Å²) in [4.78, 5) is 14.4. The fourth-order valence-corrected chi connectivity index (χ4v) is 3.09. The fraction of sp³-hybridized carbons (Fsp3) is 0.381. The van der Waals surface area contributed by atoms with Gasteiger partial charge in [0, 0.05) is 25.3 Å². The Morgan fingerprint density at radius 1 is 1.04 bits per heavy atom. The molecule has 132 valence electrons. The molecule has 2 aromatic carbocycles. The molecule has 1 amide bonds. The van der Waals surface area contributed by atoms with Crippen LogP contribution in [0.2, 0.25) is 0 Å². The summed E-state index contributed by atoms with van der Waals surface area (Å²) in [6.07, 6.45) is 3.89. The number of amides is 1. The first-order valence-electron chi connectivity index (χ1n) is 9.01. The molecule has 0 bridgehead atoms. The van der Waals surface area contributed by atoms with Crippen molar-refractivity contribution in [2.75, 3.05) is 24.6 Å². The zero-order valence-corrected chi connectivity index (χ0v) is 14.8. The molecule has 0 aliphatic carbocycles. The van der Waals surface area contributed by atoms with Gasteiger partial charge in [-0.05, 0) is 55.5 Å². The van der Waals surface area contributed by atoms with Crippen molar-refractivity contribution in [2.24, 2.45) is 0 Å². The first kappa shape index (κ1) is 17.3. The molecule has 0 unspecified atom stereocenters. The second-order valence-electron chi connectivity index (χ2n) is 6.55. The highest BCUT2D eigenvalue weighted by Gasteiger charge is 2.10. The van der Waals surface area contributed by atoms with Gasteiger partial charge < -0.3 is 15.0 Å². The Bertz CT molecular complexity index is 691. The number of ether oxygens (including phenoxy) is 1. The SMILES string of the molecule is Cc1ccccc1OCC(=O)NCc1ccc(N2CCCCC2)cc1. The van der Waals surface area contributed by atoms with Crippen LogP contribution >= 0.6 is 0 Å². The number of nitrogens with zero attached hydrogens (tertiary/aromatic N) is 1. The number of carbonyl (C=O) groups is 1. The Labute approximate surface area is 149 Å². The second-order valence-corrected chi connectivity index (χ2v) is 6.55. The molecule has 25 heavy (non-hydrogen) atoms. The van der Waals surface area contributed by atoms with Crippen LogP contribution < -0.4 is 15.0 Å². The molecule has 0 spiro atoms. The van der Waals surface area contributed by atoms with Crippen LogP contribution in [-0.2, 0) is 11.3 Å². The molecule has 3 rings (SSSR count). The number of hydrogen-bond donors (Lipinski definition) is 1. The van der Waals surface area contributed by atoms with Crippen LogP contribution in [0.4, 0.5) is 5.69 Å². The maximum absolute atomic E-state index is 12.0. The Balaban J connectivity index is 1.44. The molecule has 1 N–H and O–H groups in total. The van der Waals surface area contributed by atoms with Crippen LogP contribution in [0.15, 0.2) is 48.5 Å². The number of rotatable bonds is 6. The van der Waals surface area contributed by atoms with Gasteiger partial charge >= 0.3 is 0 Å². The largest absolute Gasteiger partial charge is 0.484 e. The maximum atomic E-state index is 12.0. The Hall–Kier alpha value is -2.49. The molecule has 0 saturated carbocycles. The van der Waals surface area contributed by atoms with Crippen LogP contribution in [0.3, 0.4) is 0 Å². The van der Waals surface area contributed by atoms with Crippen LogP contribution in [0.1, 0.15) is 30.4 Å². The minimum Gasteiger partial charge on any atom is -0.484 e. The fourth-order valence-electron chi connectivity index (χ4n) is 3.09. The zero-order chi connectivity index (χ0) is 17.5. The number of anilines is 1. The monoisotopic (exact) mass is 338 g/mol. The van der Waals surface area contributed by atoms with Gasteiger partial charge in [-0.15, -0.1) is 0 Å². The summed E-state index contributed by atoms with van der Waals surface area (Å²) in [6.45, 7) is 4.82. The van der Waals surface area contributed by atoms with Crippen molar-refractivity contribution in [1.82, 2.24) is 5.32 Å². The van der Waals surface area contributed by atoms with Crippen molar-refractivity contribution < 1.29 is 9.53 Å². The standard InChI is InChI=1S/C21H26N2O2/c1-17-7-3-4-8-20(17)25-16-21(24)22-15-18-9-11-19(12-10-18)23-13-5-2-6-14-23/h3-4,7-12H,2,5-6,13-16H2,1H3,(H,22,24). The van der Waals surface area contributed by atoms with Crippen LogP contribution in [0.25, 0.3) is 0 Å². The van der Waals surface area contributed by atoms with E-state index in [-0.39, 0.29) is 12.5 Å². The number of aryl methyl sites for hydroxylation is 1. The number of benzene rings is 2. The number of carbonyl (C=O) groups excluding carboxylic acids is 1. The van der Waals surface area contributed by atoms with E-state index in [1.54, 1.807) is 0 Å². The normalized spacial score (nSPS) is 14.2. The highest BCUT2D eigenvalue weighted by molar-refractivity contribution is 5.77. The Morgan fingerprint density at radius 2 is 1.76 bits per heavy atom. The van der Waals surface area contributed by atoms with Crippen molar-refractivity contribution in [2.45, 2.75) is 32.7 Å². The lowest BCUT2D eigenvalue weighted by atomic mass is 10.1. The third-order valence-electron chi connectivity index (χ3n) is 4.60. The lowest BCUT2D eigenvalue weighted by Crippen LogP contribution is -2.29. The molecule has 1 fully saturated rings. The number of piperidine rings is 1. The molecular formula is C21H26N2O2. The van der Waals surface area contributed by atoms with E-state index in [0.717, 1.165) is 30.0 Å². The van der Waals surface area contributed by atoms with Gasteiger partial charge in [-0.2, -0.15) is 0 Å². The van der Waals surface area contributed by atoms with Crippen molar-refractivity contribution in [3.8, 4) is 5.75 Å². The van der Waals surface area contributed by atoms with Gasteiger partial charge in [-0.1, -0.05) is 30.3 Å². The predicted molar refractivity (Wildman–Crippen MR) is 101 cm³/mol. The molecule has 0 radical (unpaired) electrons. The topological polar surface area (TPSA) is 41.6 Å². The average Bonchev–Trinajstić information content (AvgIpc) is 2.67. The molecule has 4 nitrogen and oxygen atoms in total. The third kappa shape index (κ3) is 4.99. The lowest BCUT2D eigenvalue weighted by Gasteiger charge is -2.28. The minimum atomic E-state index is -0.108. The molecule has 0 aromatic heterocycles. The van der Waals surface area contributed by atoms with Crippen LogP contribution in [0, 0.1) is 6.92 Å². The van der Waals surface area contributed by atoms with E-state index < -0.39 is 0 Å². The average molecular weight is 338 g/mol. The second kappa shape index (κ2) is 8.56. The summed E-state index contributed by atoms with van der Waals surface area (Å²) in [6, 6.07) is 16.2. The first-order valence-corrected chi connectivity index (χ1v) is 9.01.